The largest absolute Gasteiger partial charge is 0.497 e. The van der Waals surface area contributed by atoms with Gasteiger partial charge in [-0.3, -0.25) is 4.79 Å². The molecule has 1 aliphatic heterocycles. The van der Waals surface area contributed by atoms with Gasteiger partial charge >= 0.3 is 0 Å². The van der Waals surface area contributed by atoms with E-state index in [0.29, 0.717) is 13.0 Å². The number of methoxy groups -OCH3 is 1. The zero-order valence-electron chi connectivity index (χ0n) is 16.9. The fourth-order valence-electron chi connectivity index (χ4n) is 3.10. The van der Waals surface area contributed by atoms with E-state index < -0.39 is 0 Å². The normalized spacial score (nSPS) is 18.7. The van der Waals surface area contributed by atoms with Crippen LogP contribution < -0.4 is 25.8 Å². The zero-order valence-corrected chi connectivity index (χ0v) is 16.9. The predicted octanol–water partition coefficient (Wildman–Crippen LogP) is 2.93. The van der Waals surface area contributed by atoms with Gasteiger partial charge in [-0.1, -0.05) is 31.5 Å². The molecule has 1 heterocycles. The number of ether oxygens (including phenoxy) is 2. The van der Waals surface area contributed by atoms with Crippen molar-refractivity contribution in [2.24, 2.45) is 5.10 Å². The molecule has 2 atom stereocenters. The van der Waals surface area contributed by atoms with Crippen LogP contribution >= 0.6 is 0 Å². The molecule has 0 aliphatic carbocycles. The van der Waals surface area contributed by atoms with Crippen molar-refractivity contribution in [3.05, 3.63) is 59.7 Å². The minimum absolute atomic E-state index is 0.00542. The molecule has 2 unspecified atom stereocenters. The van der Waals surface area contributed by atoms with Gasteiger partial charge in [0.2, 0.25) is 0 Å². The van der Waals surface area contributed by atoms with E-state index in [-0.39, 0.29) is 18.0 Å². The Kier molecular flexibility index (Phi) is 7.61. The second-order valence-electron chi connectivity index (χ2n) is 6.88. The Bertz CT molecular complexity index is 823. The number of benzene rings is 2. The van der Waals surface area contributed by atoms with E-state index >= 15 is 0 Å². The first-order chi connectivity index (χ1) is 14.2. The van der Waals surface area contributed by atoms with Crippen molar-refractivity contribution >= 4 is 12.1 Å². The van der Waals surface area contributed by atoms with Crippen molar-refractivity contribution in [1.82, 2.24) is 16.3 Å². The van der Waals surface area contributed by atoms with Crippen LogP contribution in [0.4, 0.5) is 0 Å². The lowest BCUT2D eigenvalue weighted by molar-refractivity contribution is -0.122. The van der Waals surface area contributed by atoms with Gasteiger partial charge in [0.1, 0.15) is 17.5 Å². The summed E-state index contributed by atoms with van der Waals surface area (Å²) in [6, 6.07) is 15.0. The van der Waals surface area contributed by atoms with Crippen molar-refractivity contribution < 1.29 is 14.3 Å². The van der Waals surface area contributed by atoms with Crippen LogP contribution in [0.5, 0.6) is 11.5 Å². The number of hydrogen-bond acceptors (Lipinski definition) is 6. The number of hydrazone groups is 1. The molecule has 0 aromatic heterocycles. The maximum atomic E-state index is 12.4. The Labute approximate surface area is 171 Å². The van der Waals surface area contributed by atoms with Crippen LogP contribution in [-0.4, -0.2) is 31.9 Å². The van der Waals surface area contributed by atoms with Gasteiger partial charge in [0.25, 0.3) is 5.91 Å². The van der Waals surface area contributed by atoms with E-state index in [4.69, 9.17) is 9.47 Å². The summed E-state index contributed by atoms with van der Waals surface area (Å²) < 4.78 is 11.0. The summed E-state index contributed by atoms with van der Waals surface area (Å²) in [7, 11) is 1.62. The van der Waals surface area contributed by atoms with E-state index in [1.165, 1.54) is 0 Å². The summed E-state index contributed by atoms with van der Waals surface area (Å²) in [4.78, 5) is 12.4. The average Bonchev–Trinajstić information content (AvgIpc) is 3.25. The number of hydrazine groups is 1. The smallest absolute Gasteiger partial charge is 0.258 e. The molecule has 1 amide bonds. The Morgan fingerprint density at radius 2 is 2.00 bits per heavy atom. The van der Waals surface area contributed by atoms with E-state index in [0.717, 1.165) is 35.5 Å². The third kappa shape index (κ3) is 5.79. The number of rotatable bonds is 9. The van der Waals surface area contributed by atoms with Gasteiger partial charge in [-0.05, 0) is 48.7 Å². The summed E-state index contributed by atoms with van der Waals surface area (Å²) >= 11 is 0. The molecule has 0 saturated carbocycles. The summed E-state index contributed by atoms with van der Waals surface area (Å²) in [6.45, 7) is 2.83. The molecule has 29 heavy (non-hydrogen) atoms. The highest BCUT2D eigenvalue weighted by Crippen LogP contribution is 2.30. The fraction of sp³-hybridized carbons (Fsp3) is 0.364. The molecule has 3 rings (SSSR count). The lowest BCUT2D eigenvalue weighted by Crippen LogP contribution is -2.41. The Balaban J connectivity index is 1.53. The third-order valence-electron chi connectivity index (χ3n) is 4.77. The first-order valence-corrected chi connectivity index (χ1v) is 9.91. The van der Waals surface area contributed by atoms with Crippen molar-refractivity contribution in [3.63, 3.8) is 0 Å². The number of para-hydroxylation sites is 1. The summed E-state index contributed by atoms with van der Waals surface area (Å²) in [5.74, 6) is 1.45. The predicted molar refractivity (Wildman–Crippen MR) is 113 cm³/mol. The number of amides is 1. The highest BCUT2D eigenvalue weighted by molar-refractivity contribution is 5.85. The molecule has 0 spiro atoms. The van der Waals surface area contributed by atoms with Crippen molar-refractivity contribution in [1.29, 1.82) is 0 Å². The van der Waals surface area contributed by atoms with E-state index in [2.05, 4.69) is 28.3 Å². The SMILES string of the molecule is CCCCOc1ccccc1C1CC(C(=O)N/N=C/c2ccc(OC)cc2)NN1. The first-order valence-electron chi connectivity index (χ1n) is 9.91. The van der Waals surface area contributed by atoms with Gasteiger partial charge < -0.3 is 9.47 Å². The van der Waals surface area contributed by atoms with Crippen molar-refractivity contribution in [2.45, 2.75) is 38.3 Å². The lowest BCUT2D eigenvalue weighted by Gasteiger charge is -2.15. The Morgan fingerprint density at radius 3 is 2.76 bits per heavy atom. The average molecular weight is 396 g/mol. The highest BCUT2D eigenvalue weighted by Gasteiger charge is 2.31. The molecule has 1 fully saturated rings. The van der Waals surface area contributed by atoms with Gasteiger partial charge in [0.05, 0.1) is 26.0 Å². The topological polar surface area (TPSA) is 84.0 Å². The number of nitrogens with one attached hydrogen (secondary N) is 3. The van der Waals surface area contributed by atoms with Crippen LogP contribution in [0.25, 0.3) is 0 Å². The van der Waals surface area contributed by atoms with Crippen LogP contribution in [-0.2, 0) is 4.79 Å². The maximum absolute atomic E-state index is 12.4. The second-order valence-corrected chi connectivity index (χ2v) is 6.88. The first kappa shape index (κ1) is 20.8. The van der Waals surface area contributed by atoms with Crippen LogP contribution in [0, 0.1) is 0 Å². The molecule has 0 radical (unpaired) electrons. The minimum atomic E-state index is -0.378. The Morgan fingerprint density at radius 1 is 1.21 bits per heavy atom. The quantitative estimate of drug-likeness (QED) is 0.345. The van der Waals surface area contributed by atoms with Gasteiger partial charge in [-0.25, -0.2) is 16.3 Å². The van der Waals surface area contributed by atoms with Gasteiger partial charge in [-0.15, -0.1) is 0 Å². The number of carbonyl (C=O) groups is 1. The van der Waals surface area contributed by atoms with Crippen LogP contribution in [0.1, 0.15) is 43.4 Å². The van der Waals surface area contributed by atoms with Crippen molar-refractivity contribution in [2.75, 3.05) is 13.7 Å². The Hall–Kier alpha value is -2.90. The third-order valence-corrected chi connectivity index (χ3v) is 4.77. The molecule has 7 heteroatoms. The van der Waals surface area contributed by atoms with Crippen LogP contribution in [0.2, 0.25) is 0 Å². The molecule has 154 valence electrons. The molecular weight excluding hydrogens is 368 g/mol. The van der Waals surface area contributed by atoms with Crippen LogP contribution in [0.3, 0.4) is 0 Å². The fourth-order valence-corrected chi connectivity index (χ4v) is 3.10. The van der Waals surface area contributed by atoms with Crippen molar-refractivity contribution in [3.8, 4) is 11.5 Å². The standard InChI is InChI=1S/C22H28N4O3/c1-3-4-13-29-21-8-6-5-7-18(21)19-14-20(25-24-19)22(27)26-23-15-16-9-11-17(28-2)12-10-16/h5-12,15,19-20,24-25H,3-4,13-14H2,1-2H3,(H,26,27)/b23-15+. The maximum Gasteiger partial charge on any atom is 0.258 e. The summed E-state index contributed by atoms with van der Waals surface area (Å²) in [5, 5.41) is 4.05. The minimum Gasteiger partial charge on any atom is -0.497 e. The highest BCUT2D eigenvalue weighted by atomic mass is 16.5. The van der Waals surface area contributed by atoms with Crippen LogP contribution in [0.15, 0.2) is 53.6 Å². The monoisotopic (exact) mass is 396 g/mol. The molecule has 0 bridgehead atoms. The van der Waals surface area contributed by atoms with Gasteiger partial charge in [0, 0.05) is 5.56 Å². The van der Waals surface area contributed by atoms with Gasteiger partial charge in [0.15, 0.2) is 0 Å². The molecule has 1 aliphatic rings. The number of carbonyl (C=O) groups excluding carboxylic acids is 1. The molecular formula is C22H28N4O3. The number of nitrogens with zero attached hydrogens (tertiary/aromatic N) is 1. The zero-order chi connectivity index (χ0) is 20.5. The van der Waals surface area contributed by atoms with E-state index in [1.807, 2.05) is 48.5 Å². The van der Waals surface area contributed by atoms with Gasteiger partial charge in [-0.2, -0.15) is 5.10 Å². The number of hydrogen-bond donors (Lipinski definition) is 3. The molecule has 3 N–H and O–H groups in total. The second kappa shape index (κ2) is 10.6. The molecule has 2 aromatic carbocycles. The summed E-state index contributed by atoms with van der Waals surface area (Å²) in [6.07, 6.45) is 4.32. The molecule has 2 aromatic rings. The molecule has 1 saturated heterocycles. The van der Waals surface area contributed by atoms with E-state index in [9.17, 15) is 4.79 Å². The number of unbranched alkanes of at least 4 members (excludes halogenated alkanes) is 1. The van der Waals surface area contributed by atoms with E-state index in [1.54, 1.807) is 13.3 Å². The summed E-state index contributed by atoms with van der Waals surface area (Å²) in [5.41, 5.74) is 10.8. The lowest BCUT2D eigenvalue weighted by atomic mass is 10.0. The molecule has 7 nitrogen and oxygen atoms in total.